The SMILES string of the molecule is COCC1CCCN(c2ncccc2CNC2CC2)C1. The van der Waals surface area contributed by atoms with E-state index in [1.165, 1.54) is 37.1 Å². The molecule has 1 atom stereocenters. The predicted molar refractivity (Wildman–Crippen MR) is 80.9 cm³/mol. The molecule has 0 bridgehead atoms. The van der Waals surface area contributed by atoms with Gasteiger partial charge in [0, 0.05) is 44.5 Å². The molecule has 0 radical (unpaired) electrons. The van der Waals surface area contributed by atoms with Crippen molar-refractivity contribution in [1.82, 2.24) is 10.3 Å². The Morgan fingerprint density at radius 2 is 2.30 bits per heavy atom. The highest BCUT2D eigenvalue weighted by atomic mass is 16.5. The highest BCUT2D eigenvalue weighted by Crippen LogP contribution is 2.26. The molecule has 2 aliphatic rings. The average Bonchev–Trinajstić information content (AvgIpc) is 3.30. The number of anilines is 1. The van der Waals surface area contributed by atoms with Gasteiger partial charge in [0.1, 0.15) is 5.82 Å². The van der Waals surface area contributed by atoms with Crippen LogP contribution in [0.25, 0.3) is 0 Å². The van der Waals surface area contributed by atoms with Crippen LogP contribution in [0.1, 0.15) is 31.2 Å². The Bertz CT molecular complexity index is 431. The minimum absolute atomic E-state index is 0.639. The number of hydrogen-bond acceptors (Lipinski definition) is 4. The molecule has 110 valence electrons. The van der Waals surface area contributed by atoms with E-state index in [1.807, 2.05) is 12.3 Å². The average molecular weight is 275 g/mol. The Kier molecular flexibility index (Phi) is 4.53. The standard InChI is InChI=1S/C16H25N3O/c1-20-12-13-4-3-9-19(11-13)16-14(5-2-8-17-16)10-18-15-6-7-15/h2,5,8,13,15,18H,3-4,6-7,9-12H2,1H3. The molecule has 1 aliphatic carbocycles. The van der Waals surface area contributed by atoms with E-state index in [0.29, 0.717) is 5.92 Å². The lowest BCUT2D eigenvalue weighted by molar-refractivity contribution is 0.143. The van der Waals surface area contributed by atoms with Crippen molar-refractivity contribution in [1.29, 1.82) is 0 Å². The van der Waals surface area contributed by atoms with Crippen LogP contribution in [0.4, 0.5) is 5.82 Å². The van der Waals surface area contributed by atoms with Crippen LogP contribution in [0.3, 0.4) is 0 Å². The van der Waals surface area contributed by atoms with Gasteiger partial charge in [0.2, 0.25) is 0 Å². The zero-order valence-electron chi connectivity index (χ0n) is 12.3. The Hall–Kier alpha value is -1.13. The summed E-state index contributed by atoms with van der Waals surface area (Å²) in [6, 6.07) is 4.99. The lowest BCUT2D eigenvalue weighted by atomic mass is 9.98. The van der Waals surface area contributed by atoms with Gasteiger partial charge in [-0.15, -0.1) is 0 Å². The predicted octanol–water partition coefficient (Wildman–Crippen LogP) is 2.20. The van der Waals surface area contributed by atoms with E-state index >= 15 is 0 Å². The first-order valence-corrected chi connectivity index (χ1v) is 7.78. The van der Waals surface area contributed by atoms with Gasteiger partial charge < -0.3 is 15.0 Å². The van der Waals surface area contributed by atoms with Gasteiger partial charge in [-0.25, -0.2) is 4.98 Å². The van der Waals surface area contributed by atoms with Crippen LogP contribution >= 0.6 is 0 Å². The number of pyridine rings is 1. The van der Waals surface area contributed by atoms with Crippen molar-refractivity contribution < 1.29 is 4.74 Å². The van der Waals surface area contributed by atoms with Crippen molar-refractivity contribution in [3.8, 4) is 0 Å². The number of aromatic nitrogens is 1. The maximum Gasteiger partial charge on any atom is 0.133 e. The lowest BCUT2D eigenvalue weighted by Gasteiger charge is -2.34. The van der Waals surface area contributed by atoms with Gasteiger partial charge in [-0.05, 0) is 37.7 Å². The summed E-state index contributed by atoms with van der Waals surface area (Å²) in [6.45, 7) is 3.99. The van der Waals surface area contributed by atoms with Crippen LogP contribution in [0.2, 0.25) is 0 Å². The topological polar surface area (TPSA) is 37.4 Å². The number of rotatable bonds is 6. The first-order valence-electron chi connectivity index (χ1n) is 7.78. The smallest absolute Gasteiger partial charge is 0.133 e. The summed E-state index contributed by atoms with van der Waals surface area (Å²) in [7, 11) is 1.80. The molecule has 1 aliphatic heterocycles. The fraction of sp³-hybridized carbons (Fsp3) is 0.688. The maximum absolute atomic E-state index is 5.32. The van der Waals surface area contributed by atoms with Gasteiger partial charge in [-0.1, -0.05) is 6.07 Å². The third-order valence-corrected chi connectivity index (χ3v) is 4.25. The fourth-order valence-corrected chi connectivity index (χ4v) is 3.02. The third kappa shape index (κ3) is 3.49. The van der Waals surface area contributed by atoms with Gasteiger partial charge in [0.25, 0.3) is 0 Å². The molecular formula is C16H25N3O. The molecule has 2 fully saturated rings. The number of piperidine rings is 1. The molecule has 1 N–H and O–H groups in total. The molecule has 4 nitrogen and oxygen atoms in total. The Morgan fingerprint density at radius 1 is 1.40 bits per heavy atom. The number of nitrogens with zero attached hydrogens (tertiary/aromatic N) is 2. The number of hydrogen-bond donors (Lipinski definition) is 1. The number of methoxy groups -OCH3 is 1. The van der Waals surface area contributed by atoms with Crippen LogP contribution < -0.4 is 10.2 Å². The van der Waals surface area contributed by atoms with Crippen LogP contribution in [-0.4, -0.2) is 37.8 Å². The van der Waals surface area contributed by atoms with Crippen molar-refractivity contribution in [3.05, 3.63) is 23.9 Å². The largest absolute Gasteiger partial charge is 0.384 e. The summed E-state index contributed by atoms with van der Waals surface area (Å²) in [4.78, 5) is 7.08. The first kappa shape index (κ1) is 13.8. The highest BCUT2D eigenvalue weighted by Gasteiger charge is 2.24. The molecule has 0 spiro atoms. The zero-order chi connectivity index (χ0) is 13.8. The summed E-state index contributed by atoms with van der Waals surface area (Å²) in [6.07, 6.45) is 7.08. The van der Waals surface area contributed by atoms with Gasteiger partial charge >= 0.3 is 0 Å². The molecule has 1 aromatic rings. The van der Waals surface area contributed by atoms with E-state index in [0.717, 1.165) is 32.3 Å². The minimum atomic E-state index is 0.639. The number of ether oxygens (including phenoxy) is 1. The normalized spacial score (nSPS) is 23.1. The zero-order valence-corrected chi connectivity index (χ0v) is 12.3. The first-order chi connectivity index (χ1) is 9.86. The van der Waals surface area contributed by atoms with E-state index in [9.17, 15) is 0 Å². The van der Waals surface area contributed by atoms with Gasteiger partial charge in [0.05, 0.1) is 6.61 Å². The van der Waals surface area contributed by atoms with Crippen molar-refractivity contribution in [2.45, 2.75) is 38.3 Å². The van der Waals surface area contributed by atoms with E-state index in [-0.39, 0.29) is 0 Å². The quantitative estimate of drug-likeness (QED) is 0.863. The van der Waals surface area contributed by atoms with E-state index in [2.05, 4.69) is 21.3 Å². The van der Waals surface area contributed by atoms with Gasteiger partial charge in [-0.2, -0.15) is 0 Å². The molecule has 20 heavy (non-hydrogen) atoms. The Morgan fingerprint density at radius 3 is 3.10 bits per heavy atom. The highest BCUT2D eigenvalue weighted by molar-refractivity contribution is 5.47. The van der Waals surface area contributed by atoms with E-state index in [1.54, 1.807) is 7.11 Å². The summed E-state index contributed by atoms with van der Waals surface area (Å²) >= 11 is 0. The van der Waals surface area contributed by atoms with Gasteiger partial charge in [-0.3, -0.25) is 0 Å². The van der Waals surface area contributed by atoms with Crippen LogP contribution in [0.15, 0.2) is 18.3 Å². The molecule has 2 heterocycles. The molecule has 1 saturated heterocycles. The molecule has 1 unspecified atom stereocenters. The summed E-state index contributed by atoms with van der Waals surface area (Å²) in [5, 5.41) is 3.60. The summed E-state index contributed by atoms with van der Waals surface area (Å²) in [5.74, 6) is 1.81. The van der Waals surface area contributed by atoms with Crippen LogP contribution in [0.5, 0.6) is 0 Å². The van der Waals surface area contributed by atoms with Crippen molar-refractivity contribution in [2.24, 2.45) is 5.92 Å². The second-order valence-electron chi connectivity index (χ2n) is 6.05. The third-order valence-electron chi connectivity index (χ3n) is 4.25. The van der Waals surface area contributed by atoms with E-state index < -0.39 is 0 Å². The molecule has 1 saturated carbocycles. The van der Waals surface area contributed by atoms with Crippen molar-refractivity contribution in [3.63, 3.8) is 0 Å². The second-order valence-corrected chi connectivity index (χ2v) is 6.05. The van der Waals surface area contributed by atoms with Crippen molar-refractivity contribution >= 4 is 5.82 Å². The monoisotopic (exact) mass is 275 g/mol. The fourth-order valence-electron chi connectivity index (χ4n) is 3.02. The molecule has 0 amide bonds. The minimum Gasteiger partial charge on any atom is -0.384 e. The van der Waals surface area contributed by atoms with E-state index in [4.69, 9.17) is 4.74 Å². The Labute approximate surface area is 121 Å². The lowest BCUT2D eigenvalue weighted by Crippen LogP contribution is -2.38. The molecular weight excluding hydrogens is 250 g/mol. The maximum atomic E-state index is 5.32. The Balaban J connectivity index is 1.67. The van der Waals surface area contributed by atoms with Gasteiger partial charge in [0.15, 0.2) is 0 Å². The molecule has 0 aromatic carbocycles. The molecule has 1 aromatic heterocycles. The van der Waals surface area contributed by atoms with Crippen molar-refractivity contribution in [2.75, 3.05) is 31.7 Å². The molecule has 3 rings (SSSR count). The number of nitrogens with one attached hydrogen (secondary N) is 1. The summed E-state index contributed by atoms with van der Waals surface area (Å²) in [5.41, 5.74) is 1.33. The summed E-state index contributed by atoms with van der Waals surface area (Å²) < 4.78 is 5.32. The van der Waals surface area contributed by atoms with Crippen LogP contribution in [-0.2, 0) is 11.3 Å². The van der Waals surface area contributed by atoms with Crippen LogP contribution in [0, 0.1) is 5.92 Å². The molecule has 4 heteroatoms. The second kappa shape index (κ2) is 6.55.